The van der Waals surface area contributed by atoms with Crippen LogP contribution in [0.4, 0.5) is 17.2 Å². The first kappa shape index (κ1) is 19.3. The summed E-state index contributed by atoms with van der Waals surface area (Å²) in [7, 11) is 0. The second-order valence-corrected chi connectivity index (χ2v) is 9.04. The third-order valence-corrected chi connectivity index (χ3v) is 7.10. The summed E-state index contributed by atoms with van der Waals surface area (Å²) < 4.78 is 5.53. The monoisotopic (exact) mass is 422 g/mol. The Balaban J connectivity index is 1.57. The maximum atomic E-state index is 13.0. The fraction of sp³-hybridized carbons (Fsp3) is 0.391. The van der Waals surface area contributed by atoms with Gasteiger partial charge >= 0.3 is 0 Å². The lowest BCUT2D eigenvalue weighted by Crippen LogP contribution is -2.37. The summed E-state index contributed by atoms with van der Waals surface area (Å²) in [5, 5.41) is 3.97. The van der Waals surface area contributed by atoms with E-state index in [1.165, 1.54) is 28.9 Å². The van der Waals surface area contributed by atoms with Gasteiger partial charge in [-0.15, -0.1) is 11.3 Å². The van der Waals surface area contributed by atoms with Crippen molar-refractivity contribution in [1.29, 1.82) is 0 Å². The van der Waals surface area contributed by atoms with Gasteiger partial charge in [0.15, 0.2) is 0 Å². The number of nitrogen functional groups attached to an aromatic ring is 1. The van der Waals surface area contributed by atoms with Crippen LogP contribution in [0.15, 0.2) is 24.3 Å². The van der Waals surface area contributed by atoms with E-state index >= 15 is 0 Å². The van der Waals surface area contributed by atoms with Crippen molar-refractivity contribution < 1.29 is 9.53 Å². The molecule has 1 aromatic carbocycles. The lowest BCUT2D eigenvalue weighted by Gasteiger charge is -2.31. The third-order valence-electron chi connectivity index (χ3n) is 6.00. The molecule has 3 N–H and O–H groups in total. The molecule has 0 radical (unpaired) electrons. The maximum absolute atomic E-state index is 13.0. The number of thiophene rings is 1. The van der Waals surface area contributed by atoms with Crippen molar-refractivity contribution in [2.75, 3.05) is 42.3 Å². The first-order valence-electron chi connectivity index (χ1n) is 10.6. The standard InChI is InChI=1S/C23H26N4O2S/c1-14-6-8-15(9-7-14)25-22(28)20-19(24)18-16-4-2-3-5-17(16)21(26-23(18)30-20)27-10-12-29-13-11-27/h6-9H,2-5,10-13,24H2,1H3,(H,25,28). The second-order valence-electron chi connectivity index (χ2n) is 8.04. The van der Waals surface area contributed by atoms with Crippen molar-refractivity contribution in [2.45, 2.75) is 32.6 Å². The number of ether oxygens (including phenoxy) is 1. The van der Waals surface area contributed by atoms with Gasteiger partial charge in [-0.1, -0.05) is 17.7 Å². The molecule has 7 heteroatoms. The van der Waals surface area contributed by atoms with Crippen LogP contribution in [0.5, 0.6) is 0 Å². The molecular weight excluding hydrogens is 396 g/mol. The molecule has 2 aromatic heterocycles. The van der Waals surface area contributed by atoms with E-state index in [0.29, 0.717) is 10.6 Å². The number of fused-ring (bicyclic) bond motifs is 3. The molecule has 0 unspecified atom stereocenters. The molecule has 3 aromatic rings. The van der Waals surface area contributed by atoms with Crippen LogP contribution < -0.4 is 16.0 Å². The number of nitrogens with zero attached hydrogens (tertiary/aromatic N) is 2. The minimum Gasteiger partial charge on any atom is -0.397 e. The van der Waals surface area contributed by atoms with Crippen molar-refractivity contribution >= 4 is 44.7 Å². The van der Waals surface area contributed by atoms with Gasteiger partial charge in [0.2, 0.25) is 0 Å². The normalized spacial score (nSPS) is 16.5. The minimum atomic E-state index is -0.170. The molecule has 30 heavy (non-hydrogen) atoms. The Bertz CT molecular complexity index is 1100. The highest BCUT2D eigenvalue weighted by Crippen LogP contribution is 2.42. The van der Waals surface area contributed by atoms with Crippen LogP contribution in [0, 0.1) is 6.92 Å². The maximum Gasteiger partial charge on any atom is 0.267 e. The van der Waals surface area contributed by atoms with Gasteiger partial charge in [-0.3, -0.25) is 4.79 Å². The number of benzene rings is 1. The number of carbonyl (C=O) groups is 1. The Kier molecular flexibility index (Phi) is 5.08. The van der Waals surface area contributed by atoms with Gasteiger partial charge in [0.25, 0.3) is 5.91 Å². The van der Waals surface area contributed by atoms with Crippen LogP contribution in [0.2, 0.25) is 0 Å². The molecule has 1 aliphatic carbocycles. The van der Waals surface area contributed by atoms with Gasteiger partial charge in [-0.25, -0.2) is 4.98 Å². The zero-order valence-corrected chi connectivity index (χ0v) is 18.0. The Morgan fingerprint density at radius 2 is 1.83 bits per heavy atom. The van der Waals surface area contributed by atoms with Gasteiger partial charge < -0.3 is 20.7 Å². The van der Waals surface area contributed by atoms with Gasteiger partial charge in [0.05, 0.1) is 18.9 Å². The van der Waals surface area contributed by atoms with Crippen LogP contribution >= 0.6 is 11.3 Å². The zero-order chi connectivity index (χ0) is 20.7. The van der Waals surface area contributed by atoms with Crippen LogP contribution in [0.25, 0.3) is 10.2 Å². The molecule has 0 bridgehead atoms. The summed E-state index contributed by atoms with van der Waals surface area (Å²) >= 11 is 1.40. The molecule has 5 rings (SSSR count). The smallest absolute Gasteiger partial charge is 0.267 e. The molecule has 3 heterocycles. The van der Waals surface area contributed by atoms with E-state index < -0.39 is 0 Å². The Morgan fingerprint density at radius 3 is 2.57 bits per heavy atom. The molecule has 1 saturated heterocycles. The van der Waals surface area contributed by atoms with Crippen LogP contribution in [0.1, 0.15) is 39.2 Å². The van der Waals surface area contributed by atoms with Crippen molar-refractivity contribution in [1.82, 2.24) is 4.98 Å². The van der Waals surface area contributed by atoms with E-state index in [2.05, 4.69) is 10.2 Å². The minimum absolute atomic E-state index is 0.170. The number of carbonyl (C=O) groups excluding carboxylic acids is 1. The average molecular weight is 423 g/mol. The largest absolute Gasteiger partial charge is 0.397 e. The number of morpholine rings is 1. The number of pyridine rings is 1. The highest BCUT2D eigenvalue weighted by atomic mass is 32.1. The van der Waals surface area contributed by atoms with Crippen molar-refractivity contribution in [3.8, 4) is 0 Å². The van der Waals surface area contributed by atoms with Crippen molar-refractivity contribution in [2.24, 2.45) is 0 Å². The summed E-state index contributed by atoms with van der Waals surface area (Å²) in [6.07, 6.45) is 4.33. The highest BCUT2D eigenvalue weighted by Gasteiger charge is 2.27. The third kappa shape index (κ3) is 3.42. The Hall–Kier alpha value is -2.64. The van der Waals surface area contributed by atoms with E-state index in [1.54, 1.807) is 0 Å². The Labute approximate surface area is 180 Å². The number of aryl methyl sites for hydroxylation is 2. The van der Waals surface area contributed by atoms with E-state index in [9.17, 15) is 4.79 Å². The van der Waals surface area contributed by atoms with Crippen molar-refractivity contribution in [3.63, 3.8) is 0 Å². The summed E-state index contributed by atoms with van der Waals surface area (Å²) in [5.74, 6) is 0.893. The first-order chi connectivity index (χ1) is 14.6. The van der Waals surface area contributed by atoms with Crippen LogP contribution in [-0.4, -0.2) is 37.2 Å². The molecule has 1 aliphatic heterocycles. The second kappa shape index (κ2) is 7.89. The van der Waals surface area contributed by atoms with Crippen molar-refractivity contribution in [3.05, 3.63) is 45.8 Å². The molecule has 156 valence electrons. The van der Waals surface area contributed by atoms with Gasteiger partial charge in [0.1, 0.15) is 15.5 Å². The van der Waals surface area contributed by atoms with E-state index in [0.717, 1.165) is 72.9 Å². The fourth-order valence-electron chi connectivity index (χ4n) is 4.42. The summed E-state index contributed by atoms with van der Waals surface area (Å²) in [4.78, 5) is 21.8. The summed E-state index contributed by atoms with van der Waals surface area (Å²) in [6, 6.07) is 7.79. The van der Waals surface area contributed by atoms with Crippen LogP contribution in [0.3, 0.4) is 0 Å². The number of nitrogens with one attached hydrogen (secondary N) is 1. The molecular formula is C23H26N4O2S. The molecule has 0 atom stereocenters. The number of amides is 1. The zero-order valence-electron chi connectivity index (χ0n) is 17.2. The van der Waals surface area contributed by atoms with Gasteiger partial charge in [-0.2, -0.15) is 0 Å². The number of anilines is 3. The topological polar surface area (TPSA) is 80.5 Å². The molecule has 6 nitrogen and oxygen atoms in total. The summed E-state index contributed by atoms with van der Waals surface area (Å²) in [5.41, 5.74) is 11.6. The predicted molar refractivity (Wildman–Crippen MR) is 123 cm³/mol. The highest BCUT2D eigenvalue weighted by molar-refractivity contribution is 7.21. The number of nitrogens with two attached hydrogens (primary N) is 1. The summed E-state index contributed by atoms with van der Waals surface area (Å²) in [6.45, 7) is 5.19. The molecule has 1 amide bonds. The number of aromatic nitrogens is 1. The quantitative estimate of drug-likeness (QED) is 0.663. The van der Waals surface area contributed by atoms with Gasteiger partial charge in [-0.05, 0) is 55.9 Å². The average Bonchev–Trinajstić information content (AvgIpc) is 3.12. The van der Waals surface area contributed by atoms with E-state index in [4.69, 9.17) is 15.5 Å². The van der Waals surface area contributed by atoms with Gasteiger partial charge in [0, 0.05) is 24.2 Å². The molecule has 2 aliphatic rings. The molecule has 1 fully saturated rings. The molecule has 0 spiro atoms. The number of hydrogen-bond donors (Lipinski definition) is 2. The lowest BCUT2D eigenvalue weighted by molar-refractivity contribution is 0.103. The fourth-order valence-corrected chi connectivity index (χ4v) is 5.44. The number of hydrogen-bond acceptors (Lipinski definition) is 6. The van der Waals surface area contributed by atoms with E-state index in [-0.39, 0.29) is 5.91 Å². The predicted octanol–water partition coefficient (Wildman–Crippen LogP) is 4.15. The first-order valence-corrected chi connectivity index (χ1v) is 11.4. The SMILES string of the molecule is Cc1ccc(NC(=O)c2sc3nc(N4CCOCC4)c4c(c3c2N)CCCC4)cc1. The van der Waals surface area contributed by atoms with E-state index in [1.807, 2.05) is 31.2 Å². The number of rotatable bonds is 3. The van der Waals surface area contributed by atoms with Crippen LogP contribution in [-0.2, 0) is 17.6 Å². The molecule has 0 saturated carbocycles. The Morgan fingerprint density at radius 1 is 1.13 bits per heavy atom. The lowest BCUT2D eigenvalue weighted by atomic mass is 9.89.